The number of rotatable bonds is 27. The molecular weight excluding hydrogens is 755 g/mol. The molecule has 6 atom stereocenters. The fourth-order valence-corrected chi connectivity index (χ4v) is 7.32. The van der Waals surface area contributed by atoms with E-state index in [0.29, 0.717) is 53.7 Å². The Morgan fingerprint density at radius 1 is 0.966 bits per heavy atom. The second-order valence-corrected chi connectivity index (χ2v) is 16.0. The zero-order valence-corrected chi connectivity index (χ0v) is 35.9. The molecule has 1 aromatic carbocycles. The van der Waals surface area contributed by atoms with Crippen LogP contribution >= 0.6 is 0 Å². The number of carbonyl (C=O) groups excluding carboxylic acids is 5. The number of nitrogens with one attached hydrogen (secondary N) is 2. The van der Waals surface area contributed by atoms with E-state index in [4.69, 9.17) is 9.47 Å². The van der Waals surface area contributed by atoms with Gasteiger partial charge in [-0.1, -0.05) is 109 Å². The Morgan fingerprint density at radius 2 is 1.63 bits per heavy atom. The Balaban J connectivity index is 1.53. The fourth-order valence-electron chi connectivity index (χ4n) is 7.32. The van der Waals surface area contributed by atoms with E-state index in [1.165, 1.54) is 63.9 Å². The Labute approximate surface area is 351 Å². The quantitative estimate of drug-likeness (QED) is 0.0234. The zero-order chi connectivity index (χ0) is 43.0. The fraction of sp³-hybridized carbons (Fsp3) is 0.689. The van der Waals surface area contributed by atoms with Crippen molar-refractivity contribution in [1.29, 1.82) is 0 Å². The molecular formula is C45H71N5O9. The van der Waals surface area contributed by atoms with Crippen LogP contribution in [-0.4, -0.2) is 99.5 Å². The molecule has 1 fully saturated rings. The third-order valence-electron chi connectivity index (χ3n) is 11.1. The standard InChI is InChI=1S/C45H71N5O9/c1-5-7-8-9-10-11-12-13-14-15-16-17-21-30-39(51)49(56)31-24-23-29-37(47-42(53)40-34(4)58-43(48-40)35-26-19-18-20-27-35)45(55)59-38(6-2)33(3)41(52)46-36-28-22-25-32-50(57)44(36)54/h18-21,26-27,30,33-34,36-38,40,56-57H,5-17,22-25,28-29,31-32H2,1-4H3,(H,46,52)(H,47,53)/b30-21-/t33-,34+,36-,37-,38+,40-/m0/s1. The summed E-state index contributed by atoms with van der Waals surface area (Å²) in [7, 11) is 0. The number of benzene rings is 1. The lowest BCUT2D eigenvalue weighted by molar-refractivity contribution is -0.167. The number of hydrogen-bond donors (Lipinski definition) is 4. The lowest BCUT2D eigenvalue weighted by atomic mass is 10.00. The van der Waals surface area contributed by atoms with Gasteiger partial charge in [0.2, 0.25) is 17.7 Å². The van der Waals surface area contributed by atoms with Crippen LogP contribution in [0.3, 0.4) is 0 Å². The lowest BCUT2D eigenvalue weighted by Gasteiger charge is -2.27. The van der Waals surface area contributed by atoms with Crippen molar-refractivity contribution in [3.8, 4) is 0 Å². The summed E-state index contributed by atoms with van der Waals surface area (Å²) in [6.45, 7) is 7.53. The van der Waals surface area contributed by atoms with Crippen molar-refractivity contribution in [2.24, 2.45) is 10.9 Å². The molecule has 0 saturated carbocycles. The van der Waals surface area contributed by atoms with Crippen molar-refractivity contribution in [2.75, 3.05) is 13.1 Å². The molecule has 2 heterocycles. The number of esters is 1. The molecule has 14 nitrogen and oxygen atoms in total. The summed E-state index contributed by atoms with van der Waals surface area (Å²) < 4.78 is 11.8. The second-order valence-electron chi connectivity index (χ2n) is 16.0. The molecule has 59 heavy (non-hydrogen) atoms. The van der Waals surface area contributed by atoms with E-state index in [0.717, 1.165) is 19.3 Å². The summed E-state index contributed by atoms with van der Waals surface area (Å²) in [5, 5.41) is 27.2. The monoisotopic (exact) mass is 826 g/mol. The predicted octanol–water partition coefficient (Wildman–Crippen LogP) is 7.20. The average Bonchev–Trinajstić information content (AvgIpc) is 3.56. The number of allylic oxidation sites excluding steroid dienone is 1. The molecule has 2 aliphatic rings. The van der Waals surface area contributed by atoms with Gasteiger partial charge in [-0.2, -0.15) is 0 Å². The van der Waals surface area contributed by atoms with Crippen LogP contribution in [0.15, 0.2) is 47.5 Å². The molecule has 1 aromatic rings. The van der Waals surface area contributed by atoms with Crippen molar-refractivity contribution >= 4 is 35.5 Å². The molecule has 4 N–H and O–H groups in total. The molecule has 14 heteroatoms. The van der Waals surface area contributed by atoms with E-state index in [-0.39, 0.29) is 25.9 Å². The van der Waals surface area contributed by atoms with Crippen molar-refractivity contribution < 1.29 is 43.9 Å². The first kappa shape index (κ1) is 49.1. The highest BCUT2D eigenvalue weighted by Crippen LogP contribution is 2.21. The molecule has 0 bridgehead atoms. The van der Waals surface area contributed by atoms with Gasteiger partial charge in [0.15, 0.2) is 6.04 Å². The normalized spacial score (nSPS) is 19.6. The van der Waals surface area contributed by atoms with E-state index in [9.17, 15) is 34.4 Å². The first-order valence-corrected chi connectivity index (χ1v) is 22.2. The number of nitrogens with zero attached hydrogens (tertiary/aromatic N) is 3. The van der Waals surface area contributed by atoms with E-state index < -0.39 is 65.8 Å². The van der Waals surface area contributed by atoms with Crippen LogP contribution in [0.5, 0.6) is 0 Å². The van der Waals surface area contributed by atoms with Crippen molar-refractivity contribution in [2.45, 2.75) is 180 Å². The molecule has 0 spiro atoms. The maximum atomic E-state index is 13.8. The molecule has 1 saturated heterocycles. The number of hydroxylamine groups is 4. The third kappa shape index (κ3) is 17.4. The number of carbonyl (C=O) groups is 5. The van der Waals surface area contributed by atoms with E-state index in [2.05, 4.69) is 22.5 Å². The largest absolute Gasteiger partial charge is 0.472 e. The van der Waals surface area contributed by atoms with E-state index in [1.807, 2.05) is 30.3 Å². The Kier molecular flexibility index (Phi) is 22.8. The minimum Gasteiger partial charge on any atom is -0.472 e. The summed E-state index contributed by atoms with van der Waals surface area (Å²) >= 11 is 0. The molecule has 3 rings (SSSR count). The topological polar surface area (TPSA) is 187 Å². The van der Waals surface area contributed by atoms with Gasteiger partial charge < -0.3 is 20.1 Å². The molecule has 0 aromatic heterocycles. The molecule has 0 aliphatic carbocycles. The van der Waals surface area contributed by atoms with Crippen LogP contribution in [0.4, 0.5) is 0 Å². The maximum Gasteiger partial charge on any atom is 0.328 e. The van der Waals surface area contributed by atoms with Gasteiger partial charge in [0.25, 0.3) is 11.8 Å². The Hall–Kier alpha value is -4.30. The van der Waals surface area contributed by atoms with Crippen molar-refractivity contribution in [3.63, 3.8) is 0 Å². The first-order chi connectivity index (χ1) is 28.5. The summed E-state index contributed by atoms with van der Waals surface area (Å²) in [6, 6.07) is 6.23. The molecule has 2 aliphatic heterocycles. The van der Waals surface area contributed by atoms with Crippen LogP contribution < -0.4 is 10.6 Å². The summed E-state index contributed by atoms with van der Waals surface area (Å²) in [6.07, 6.45) is 18.9. The molecule has 0 unspecified atom stereocenters. The van der Waals surface area contributed by atoms with Gasteiger partial charge in [0.05, 0.1) is 5.92 Å². The first-order valence-electron chi connectivity index (χ1n) is 22.2. The van der Waals surface area contributed by atoms with Gasteiger partial charge >= 0.3 is 5.97 Å². The Bertz CT molecular complexity index is 1510. The van der Waals surface area contributed by atoms with E-state index in [1.54, 1.807) is 26.8 Å². The van der Waals surface area contributed by atoms with Crippen LogP contribution in [0.2, 0.25) is 0 Å². The van der Waals surface area contributed by atoms with Gasteiger partial charge in [0.1, 0.15) is 24.3 Å². The number of amides is 4. The highest BCUT2D eigenvalue weighted by atomic mass is 16.5. The smallest absolute Gasteiger partial charge is 0.328 e. The van der Waals surface area contributed by atoms with Gasteiger partial charge in [-0.05, 0) is 76.8 Å². The van der Waals surface area contributed by atoms with Crippen LogP contribution in [-0.2, 0) is 33.4 Å². The summed E-state index contributed by atoms with van der Waals surface area (Å²) in [5.74, 6) is -3.42. The highest BCUT2D eigenvalue weighted by Gasteiger charge is 2.38. The number of unbranched alkanes of at least 4 members (excludes halogenated alkanes) is 12. The van der Waals surface area contributed by atoms with Crippen molar-refractivity contribution in [1.82, 2.24) is 20.8 Å². The lowest BCUT2D eigenvalue weighted by Crippen LogP contribution is -2.51. The highest BCUT2D eigenvalue weighted by molar-refractivity contribution is 5.99. The van der Waals surface area contributed by atoms with Gasteiger partial charge in [-0.15, -0.1) is 0 Å². The second kappa shape index (κ2) is 27.5. The summed E-state index contributed by atoms with van der Waals surface area (Å²) in [4.78, 5) is 70.3. The van der Waals surface area contributed by atoms with Gasteiger partial charge in [-0.25, -0.2) is 19.9 Å². The average molecular weight is 826 g/mol. The van der Waals surface area contributed by atoms with Crippen LogP contribution in [0.25, 0.3) is 0 Å². The molecule has 330 valence electrons. The SMILES string of the molecule is CCCCCCCCCCCCC/C=C\C(=O)N(O)CCCC[C@H](NC(=O)[C@H]1N=C(c2ccccc2)O[C@@H]1C)C(=O)O[C@H](CC)[C@H](C)C(=O)N[C@H]1CCCCN(O)C1=O. The predicted molar refractivity (Wildman–Crippen MR) is 225 cm³/mol. The number of hydrogen-bond acceptors (Lipinski definition) is 10. The summed E-state index contributed by atoms with van der Waals surface area (Å²) in [5.41, 5.74) is 0.716. The van der Waals surface area contributed by atoms with Crippen LogP contribution in [0, 0.1) is 5.92 Å². The van der Waals surface area contributed by atoms with Gasteiger partial charge in [0, 0.05) is 24.7 Å². The number of aliphatic imine (C=N–C) groups is 1. The van der Waals surface area contributed by atoms with Gasteiger partial charge in [-0.3, -0.25) is 29.6 Å². The zero-order valence-electron chi connectivity index (χ0n) is 35.9. The van der Waals surface area contributed by atoms with Crippen LogP contribution in [0.1, 0.15) is 155 Å². The van der Waals surface area contributed by atoms with Crippen molar-refractivity contribution in [3.05, 3.63) is 48.0 Å². The minimum atomic E-state index is -1.13. The molecule has 0 radical (unpaired) electrons. The Morgan fingerprint density at radius 3 is 2.29 bits per heavy atom. The minimum absolute atomic E-state index is 0.0233. The third-order valence-corrected chi connectivity index (χ3v) is 11.1. The molecule has 4 amide bonds. The van der Waals surface area contributed by atoms with E-state index >= 15 is 0 Å². The number of ether oxygens (including phenoxy) is 2. The maximum absolute atomic E-state index is 13.8.